The first-order valence-electron chi connectivity index (χ1n) is 5.37. The van der Waals surface area contributed by atoms with Gasteiger partial charge in [0.25, 0.3) is 0 Å². The topological polar surface area (TPSA) is 42.0 Å². The van der Waals surface area contributed by atoms with Crippen LogP contribution in [-0.2, 0) is 10.2 Å². The average molecular weight is 204 g/mol. The van der Waals surface area contributed by atoms with Gasteiger partial charge in [-0.3, -0.25) is 9.78 Å². The quantitative estimate of drug-likeness (QED) is 0.795. The number of nitrogens with zero attached hydrogens (tertiary/aromatic N) is 1. The Bertz CT molecular complexity index is 363. The van der Waals surface area contributed by atoms with E-state index >= 15 is 0 Å². The summed E-state index contributed by atoms with van der Waals surface area (Å²) in [4.78, 5) is 15.8. The Balaban J connectivity index is 2.37. The summed E-state index contributed by atoms with van der Waals surface area (Å²) in [6.07, 6.45) is 3.28. The minimum Gasteiger partial charge on any atom is -0.352 e. The molecule has 0 aliphatic carbocycles. The van der Waals surface area contributed by atoms with Gasteiger partial charge >= 0.3 is 0 Å². The second-order valence-electron chi connectivity index (χ2n) is 4.34. The minimum absolute atomic E-state index is 0.134. The van der Waals surface area contributed by atoms with E-state index in [4.69, 9.17) is 0 Å². The van der Waals surface area contributed by atoms with Gasteiger partial charge in [0, 0.05) is 29.8 Å². The second-order valence-corrected chi connectivity index (χ2v) is 4.34. The van der Waals surface area contributed by atoms with E-state index in [0.29, 0.717) is 6.42 Å². The molecule has 1 aliphatic rings. The number of carbonyl (C=O) groups excluding carboxylic acids is 1. The third-order valence-electron chi connectivity index (χ3n) is 3.29. The molecule has 0 bridgehead atoms. The van der Waals surface area contributed by atoms with Crippen molar-refractivity contribution in [3.05, 3.63) is 30.1 Å². The van der Waals surface area contributed by atoms with Crippen LogP contribution >= 0.6 is 0 Å². The van der Waals surface area contributed by atoms with Crippen LogP contribution in [0.4, 0.5) is 0 Å². The lowest BCUT2D eigenvalue weighted by molar-refractivity contribution is -0.119. The molecule has 0 radical (unpaired) electrons. The molecule has 1 aromatic heterocycles. The summed E-state index contributed by atoms with van der Waals surface area (Å²) < 4.78 is 0. The lowest BCUT2D eigenvalue weighted by Gasteiger charge is -2.28. The van der Waals surface area contributed by atoms with Crippen molar-refractivity contribution >= 4 is 5.91 Å². The monoisotopic (exact) mass is 204 g/mol. The fourth-order valence-electron chi connectivity index (χ4n) is 2.38. The highest BCUT2D eigenvalue weighted by atomic mass is 16.2. The normalized spacial score (nSPS) is 30.3. The molecule has 2 unspecified atom stereocenters. The van der Waals surface area contributed by atoms with Crippen molar-refractivity contribution in [2.24, 2.45) is 0 Å². The number of nitrogens with one attached hydrogen (secondary N) is 1. The lowest BCUT2D eigenvalue weighted by Crippen LogP contribution is -2.38. The van der Waals surface area contributed by atoms with Crippen LogP contribution < -0.4 is 5.32 Å². The van der Waals surface area contributed by atoms with Crippen LogP contribution in [0.1, 0.15) is 32.4 Å². The van der Waals surface area contributed by atoms with Crippen molar-refractivity contribution in [1.29, 1.82) is 0 Å². The van der Waals surface area contributed by atoms with Gasteiger partial charge in [-0.1, -0.05) is 19.9 Å². The predicted octanol–water partition coefficient (Wildman–Crippen LogP) is 1.64. The van der Waals surface area contributed by atoms with Gasteiger partial charge in [0.2, 0.25) is 5.91 Å². The van der Waals surface area contributed by atoms with Gasteiger partial charge in [-0.15, -0.1) is 0 Å². The number of hydrogen-bond donors (Lipinski definition) is 1. The highest BCUT2D eigenvalue weighted by molar-refractivity contribution is 5.81. The van der Waals surface area contributed by atoms with Crippen LogP contribution in [0.5, 0.6) is 0 Å². The molecule has 80 valence electrons. The summed E-state index contributed by atoms with van der Waals surface area (Å²) in [6, 6.07) is 6.09. The van der Waals surface area contributed by atoms with E-state index in [-0.39, 0.29) is 17.4 Å². The smallest absolute Gasteiger partial charge is 0.221 e. The zero-order valence-corrected chi connectivity index (χ0v) is 9.16. The van der Waals surface area contributed by atoms with Gasteiger partial charge in [-0.25, -0.2) is 0 Å². The van der Waals surface area contributed by atoms with Crippen molar-refractivity contribution < 1.29 is 4.79 Å². The van der Waals surface area contributed by atoms with Gasteiger partial charge < -0.3 is 5.32 Å². The van der Waals surface area contributed by atoms with Gasteiger partial charge in [0.05, 0.1) is 0 Å². The Hall–Kier alpha value is -1.38. The first-order chi connectivity index (χ1) is 7.16. The summed E-state index contributed by atoms with van der Waals surface area (Å²) in [5, 5.41) is 3.01. The SMILES string of the molecule is CCC1NC(=O)CC1(C)c1ccccn1. The summed E-state index contributed by atoms with van der Waals surface area (Å²) in [5.41, 5.74) is 0.864. The first-order valence-corrected chi connectivity index (χ1v) is 5.37. The molecule has 1 aliphatic heterocycles. The first kappa shape index (κ1) is 10.1. The highest BCUT2D eigenvalue weighted by Gasteiger charge is 2.44. The molecular formula is C12H16N2O. The van der Waals surface area contributed by atoms with E-state index in [2.05, 4.69) is 24.1 Å². The van der Waals surface area contributed by atoms with Crippen LogP contribution in [0, 0.1) is 0 Å². The van der Waals surface area contributed by atoms with Gasteiger partial charge in [0.15, 0.2) is 0 Å². The van der Waals surface area contributed by atoms with Gasteiger partial charge in [-0.2, -0.15) is 0 Å². The number of pyridine rings is 1. The molecule has 1 amide bonds. The summed E-state index contributed by atoms with van der Waals surface area (Å²) in [5.74, 6) is 0.134. The van der Waals surface area contributed by atoms with Crippen molar-refractivity contribution in [3.63, 3.8) is 0 Å². The number of hydrogen-bond acceptors (Lipinski definition) is 2. The number of aromatic nitrogens is 1. The maximum absolute atomic E-state index is 11.5. The van der Waals surface area contributed by atoms with E-state index in [1.165, 1.54) is 0 Å². The molecule has 1 saturated heterocycles. The molecule has 15 heavy (non-hydrogen) atoms. The minimum atomic E-state index is -0.146. The Morgan fingerprint density at radius 3 is 3.00 bits per heavy atom. The van der Waals surface area contributed by atoms with Crippen LogP contribution in [0.2, 0.25) is 0 Å². The van der Waals surface area contributed by atoms with Crippen LogP contribution in [-0.4, -0.2) is 16.9 Å². The van der Waals surface area contributed by atoms with E-state index < -0.39 is 0 Å². The molecule has 0 saturated carbocycles. The predicted molar refractivity (Wildman–Crippen MR) is 58.4 cm³/mol. The molecule has 1 fully saturated rings. The Morgan fingerprint density at radius 2 is 2.40 bits per heavy atom. The largest absolute Gasteiger partial charge is 0.352 e. The lowest BCUT2D eigenvalue weighted by atomic mass is 9.78. The fourth-order valence-corrected chi connectivity index (χ4v) is 2.38. The second kappa shape index (κ2) is 3.65. The molecule has 2 rings (SSSR count). The van der Waals surface area contributed by atoms with E-state index in [1.807, 2.05) is 18.2 Å². The van der Waals surface area contributed by atoms with Crippen molar-refractivity contribution in [2.45, 2.75) is 38.1 Å². The van der Waals surface area contributed by atoms with Crippen LogP contribution in [0.25, 0.3) is 0 Å². The summed E-state index contributed by atoms with van der Waals surface area (Å²) in [6.45, 7) is 4.21. The summed E-state index contributed by atoms with van der Waals surface area (Å²) in [7, 11) is 0. The standard InChI is InChI=1S/C12H16N2O/c1-3-9-12(2,8-11(15)14-9)10-6-4-5-7-13-10/h4-7,9H,3,8H2,1-2H3,(H,14,15). The average Bonchev–Trinajstić information content (AvgIpc) is 2.56. The maximum atomic E-state index is 11.5. The fraction of sp³-hybridized carbons (Fsp3) is 0.500. The van der Waals surface area contributed by atoms with E-state index in [1.54, 1.807) is 6.20 Å². The van der Waals surface area contributed by atoms with E-state index in [0.717, 1.165) is 12.1 Å². The molecule has 3 nitrogen and oxygen atoms in total. The maximum Gasteiger partial charge on any atom is 0.221 e. The third kappa shape index (κ3) is 1.62. The molecule has 1 aromatic rings. The van der Waals surface area contributed by atoms with Gasteiger partial charge in [0.1, 0.15) is 0 Å². The number of rotatable bonds is 2. The van der Waals surface area contributed by atoms with Crippen molar-refractivity contribution in [1.82, 2.24) is 10.3 Å². The Labute approximate surface area is 89.9 Å². The molecule has 2 atom stereocenters. The Kier molecular flexibility index (Phi) is 2.47. The number of carbonyl (C=O) groups is 1. The molecule has 3 heteroatoms. The van der Waals surface area contributed by atoms with Crippen LogP contribution in [0.3, 0.4) is 0 Å². The number of amides is 1. The molecule has 0 spiro atoms. The van der Waals surface area contributed by atoms with Crippen molar-refractivity contribution in [2.75, 3.05) is 0 Å². The van der Waals surface area contributed by atoms with E-state index in [9.17, 15) is 4.79 Å². The zero-order chi connectivity index (χ0) is 10.9. The molecule has 1 N–H and O–H groups in total. The van der Waals surface area contributed by atoms with Crippen LogP contribution in [0.15, 0.2) is 24.4 Å². The molecular weight excluding hydrogens is 188 g/mol. The summed E-state index contributed by atoms with van der Waals surface area (Å²) >= 11 is 0. The molecule has 0 aromatic carbocycles. The zero-order valence-electron chi connectivity index (χ0n) is 9.16. The third-order valence-corrected chi connectivity index (χ3v) is 3.29. The van der Waals surface area contributed by atoms with Gasteiger partial charge in [-0.05, 0) is 18.6 Å². The molecule has 2 heterocycles. The van der Waals surface area contributed by atoms with Crippen molar-refractivity contribution in [3.8, 4) is 0 Å². The highest BCUT2D eigenvalue weighted by Crippen LogP contribution is 2.35. The Morgan fingerprint density at radius 1 is 1.60 bits per heavy atom.